The van der Waals surface area contributed by atoms with Crippen LogP contribution in [0.15, 0.2) is 12.4 Å². The van der Waals surface area contributed by atoms with E-state index in [0.29, 0.717) is 6.04 Å². The van der Waals surface area contributed by atoms with E-state index >= 15 is 0 Å². The maximum Gasteiger partial charge on any atom is 0.0750 e. The number of anilines is 1. The van der Waals surface area contributed by atoms with Crippen molar-refractivity contribution in [1.29, 1.82) is 0 Å². The van der Waals surface area contributed by atoms with Crippen LogP contribution in [0.1, 0.15) is 6.92 Å². The fraction of sp³-hybridized carbons (Fsp3) is 0.625. The van der Waals surface area contributed by atoms with E-state index in [-0.39, 0.29) is 0 Å². The van der Waals surface area contributed by atoms with Crippen LogP contribution in [-0.2, 0) is 0 Å². The van der Waals surface area contributed by atoms with E-state index in [1.165, 1.54) is 5.69 Å². The molecular formula is C8H14N4. The van der Waals surface area contributed by atoms with Crippen molar-refractivity contribution in [2.75, 3.05) is 24.5 Å². The molecular weight excluding hydrogens is 152 g/mol. The van der Waals surface area contributed by atoms with Crippen molar-refractivity contribution in [1.82, 2.24) is 15.5 Å². The van der Waals surface area contributed by atoms with E-state index in [9.17, 15) is 0 Å². The van der Waals surface area contributed by atoms with E-state index in [4.69, 9.17) is 0 Å². The molecule has 2 heterocycles. The highest BCUT2D eigenvalue weighted by Gasteiger charge is 2.15. The van der Waals surface area contributed by atoms with Gasteiger partial charge in [-0.2, -0.15) is 5.10 Å². The zero-order valence-electron chi connectivity index (χ0n) is 7.25. The predicted molar refractivity (Wildman–Crippen MR) is 48.3 cm³/mol. The van der Waals surface area contributed by atoms with Crippen molar-refractivity contribution < 1.29 is 0 Å². The summed E-state index contributed by atoms with van der Waals surface area (Å²) >= 11 is 0. The minimum atomic E-state index is 0.577. The summed E-state index contributed by atoms with van der Waals surface area (Å²) in [6.07, 6.45) is 3.82. The van der Waals surface area contributed by atoms with Crippen molar-refractivity contribution >= 4 is 5.69 Å². The molecule has 12 heavy (non-hydrogen) atoms. The molecule has 66 valence electrons. The maximum absolute atomic E-state index is 3.94. The Morgan fingerprint density at radius 1 is 1.67 bits per heavy atom. The lowest BCUT2D eigenvalue weighted by Crippen LogP contribution is -2.49. The minimum absolute atomic E-state index is 0.577. The summed E-state index contributed by atoms with van der Waals surface area (Å²) in [6.45, 7) is 5.40. The summed E-state index contributed by atoms with van der Waals surface area (Å²) in [7, 11) is 0. The zero-order valence-corrected chi connectivity index (χ0v) is 7.25. The number of piperazine rings is 1. The van der Waals surface area contributed by atoms with Gasteiger partial charge < -0.3 is 10.2 Å². The number of H-pyrrole nitrogens is 1. The van der Waals surface area contributed by atoms with Gasteiger partial charge in [0.25, 0.3) is 0 Å². The molecule has 0 spiro atoms. The van der Waals surface area contributed by atoms with E-state index in [0.717, 1.165) is 19.6 Å². The molecule has 0 aromatic carbocycles. The molecule has 0 bridgehead atoms. The number of aromatic amines is 1. The van der Waals surface area contributed by atoms with Gasteiger partial charge in [0.2, 0.25) is 0 Å². The van der Waals surface area contributed by atoms with Gasteiger partial charge in [0, 0.05) is 31.9 Å². The van der Waals surface area contributed by atoms with Crippen LogP contribution in [0.5, 0.6) is 0 Å². The molecule has 2 rings (SSSR count). The monoisotopic (exact) mass is 166 g/mol. The van der Waals surface area contributed by atoms with Gasteiger partial charge in [-0.05, 0) is 6.92 Å². The molecule has 0 amide bonds. The standard InChI is InChI=1S/C8H14N4/c1-7-6-12(3-2-9-7)8-4-10-11-5-8/h4-5,7,9H,2-3,6H2,1H3,(H,10,11)/t7-/m1/s1. The molecule has 1 saturated heterocycles. The molecule has 2 N–H and O–H groups in total. The highest BCUT2D eigenvalue weighted by molar-refractivity contribution is 5.42. The number of nitrogens with one attached hydrogen (secondary N) is 2. The molecule has 1 aliphatic heterocycles. The Balaban J connectivity index is 2.04. The number of aromatic nitrogens is 2. The third-order valence-corrected chi connectivity index (χ3v) is 2.22. The van der Waals surface area contributed by atoms with Crippen LogP contribution in [0.2, 0.25) is 0 Å². The average molecular weight is 166 g/mol. The summed E-state index contributed by atoms with van der Waals surface area (Å²) in [4.78, 5) is 2.34. The Morgan fingerprint density at radius 3 is 3.25 bits per heavy atom. The third-order valence-electron chi connectivity index (χ3n) is 2.22. The fourth-order valence-electron chi connectivity index (χ4n) is 1.58. The van der Waals surface area contributed by atoms with Crippen LogP contribution in [0.3, 0.4) is 0 Å². The van der Waals surface area contributed by atoms with Gasteiger partial charge in [-0.3, -0.25) is 5.10 Å². The van der Waals surface area contributed by atoms with Gasteiger partial charge in [0.1, 0.15) is 0 Å². The maximum atomic E-state index is 3.94. The number of rotatable bonds is 1. The minimum Gasteiger partial charge on any atom is -0.366 e. The Bertz CT molecular complexity index is 231. The molecule has 1 fully saturated rings. The molecule has 1 atom stereocenters. The summed E-state index contributed by atoms with van der Waals surface area (Å²) in [5.74, 6) is 0. The first-order chi connectivity index (χ1) is 5.86. The quantitative estimate of drug-likeness (QED) is 0.626. The molecule has 4 nitrogen and oxygen atoms in total. The first-order valence-electron chi connectivity index (χ1n) is 4.33. The molecule has 0 aliphatic carbocycles. The van der Waals surface area contributed by atoms with Crippen molar-refractivity contribution in [3.8, 4) is 0 Å². The lowest BCUT2D eigenvalue weighted by atomic mass is 10.2. The SMILES string of the molecule is C[C@@H]1CN(c2cn[nH]c2)CCN1. The second-order valence-corrected chi connectivity index (χ2v) is 3.26. The molecule has 1 aromatic heterocycles. The summed E-state index contributed by atoms with van der Waals surface area (Å²) in [5, 5.41) is 10.2. The second-order valence-electron chi connectivity index (χ2n) is 3.26. The van der Waals surface area contributed by atoms with Gasteiger partial charge in [-0.25, -0.2) is 0 Å². The van der Waals surface area contributed by atoms with Crippen LogP contribution >= 0.6 is 0 Å². The number of hydrogen-bond donors (Lipinski definition) is 2. The molecule has 0 saturated carbocycles. The number of hydrogen-bond acceptors (Lipinski definition) is 3. The van der Waals surface area contributed by atoms with E-state index in [2.05, 4.69) is 27.3 Å². The molecule has 0 radical (unpaired) electrons. The van der Waals surface area contributed by atoms with Gasteiger partial charge in [0.15, 0.2) is 0 Å². The van der Waals surface area contributed by atoms with Gasteiger partial charge in [-0.15, -0.1) is 0 Å². The van der Waals surface area contributed by atoms with Crippen molar-refractivity contribution in [3.05, 3.63) is 12.4 Å². The van der Waals surface area contributed by atoms with Crippen LogP contribution in [-0.4, -0.2) is 35.9 Å². The van der Waals surface area contributed by atoms with Crippen molar-refractivity contribution in [2.24, 2.45) is 0 Å². The molecule has 1 aliphatic rings. The normalized spacial score (nSPS) is 24.4. The third kappa shape index (κ3) is 1.43. The Hall–Kier alpha value is -1.03. The van der Waals surface area contributed by atoms with Crippen molar-refractivity contribution in [2.45, 2.75) is 13.0 Å². The highest BCUT2D eigenvalue weighted by Crippen LogP contribution is 2.12. The van der Waals surface area contributed by atoms with Gasteiger partial charge in [-0.1, -0.05) is 0 Å². The summed E-state index contributed by atoms with van der Waals surface area (Å²) in [5.41, 5.74) is 1.20. The predicted octanol–water partition coefficient (Wildman–Crippen LogP) is 0.208. The topological polar surface area (TPSA) is 44.0 Å². The zero-order chi connectivity index (χ0) is 8.39. The fourth-order valence-corrected chi connectivity index (χ4v) is 1.58. The summed E-state index contributed by atoms with van der Waals surface area (Å²) in [6, 6.07) is 0.577. The lowest BCUT2D eigenvalue weighted by molar-refractivity contribution is 0.485. The highest BCUT2D eigenvalue weighted by atomic mass is 15.2. The molecule has 0 unspecified atom stereocenters. The summed E-state index contributed by atoms with van der Waals surface area (Å²) < 4.78 is 0. The van der Waals surface area contributed by atoms with Crippen LogP contribution in [0.25, 0.3) is 0 Å². The molecule has 4 heteroatoms. The molecule has 1 aromatic rings. The Labute approximate surface area is 72.0 Å². The van der Waals surface area contributed by atoms with Crippen LogP contribution in [0, 0.1) is 0 Å². The second kappa shape index (κ2) is 3.15. The smallest absolute Gasteiger partial charge is 0.0750 e. The Kier molecular flexibility index (Phi) is 1.99. The first kappa shape index (κ1) is 7.61. The lowest BCUT2D eigenvalue weighted by Gasteiger charge is -2.32. The van der Waals surface area contributed by atoms with Gasteiger partial charge >= 0.3 is 0 Å². The van der Waals surface area contributed by atoms with Crippen LogP contribution < -0.4 is 10.2 Å². The van der Waals surface area contributed by atoms with Crippen molar-refractivity contribution in [3.63, 3.8) is 0 Å². The average Bonchev–Trinajstić information content (AvgIpc) is 2.56. The van der Waals surface area contributed by atoms with E-state index in [1.54, 1.807) is 0 Å². The number of nitrogens with zero attached hydrogens (tertiary/aromatic N) is 2. The van der Waals surface area contributed by atoms with E-state index < -0.39 is 0 Å². The van der Waals surface area contributed by atoms with Gasteiger partial charge in [0.05, 0.1) is 11.9 Å². The van der Waals surface area contributed by atoms with E-state index in [1.807, 2.05) is 12.4 Å². The first-order valence-corrected chi connectivity index (χ1v) is 4.33. The largest absolute Gasteiger partial charge is 0.366 e. The Morgan fingerprint density at radius 2 is 2.58 bits per heavy atom. The van der Waals surface area contributed by atoms with Crippen LogP contribution in [0.4, 0.5) is 5.69 Å².